The summed E-state index contributed by atoms with van der Waals surface area (Å²) in [7, 11) is 0. The molecule has 15 heavy (non-hydrogen) atoms. The van der Waals surface area contributed by atoms with E-state index in [2.05, 4.69) is 4.98 Å². The summed E-state index contributed by atoms with van der Waals surface area (Å²) in [5.41, 5.74) is -3.69. The van der Waals surface area contributed by atoms with E-state index in [0.717, 1.165) is 6.92 Å². The highest BCUT2D eigenvalue weighted by Crippen LogP contribution is 2.36. The number of halogens is 6. The van der Waals surface area contributed by atoms with Crippen molar-refractivity contribution in [2.24, 2.45) is 0 Å². The predicted octanol–water partition coefficient (Wildman–Crippen LogP) is 3.49. The number of hydrogen-bond donors (Lipinski definition) is 0. The fourth-order valence-corrected chi connectivity index (χ4v) is 1.09. The van der Waals surface area contributed by atoms with Crippen molar-refractivity contribution in [3.63, 3.8) is 0 Å². The van der Waals surface area contributed by atoms with Crippen molar-refractivity contribution in [1.29, 1.82) is 0 Å². The molecule has 1 aromatic heterocycles. The van der Waals surface area contributed by atoms with Crippen LogP contribution in [0.15, 0.2) is 6.20 Å². The molecule has 7 heteroatoms. The zero-order valence-electron chi connectivity index (χ0n) is 7.37. The van der Waals surface area contributed by atoms with E-state index in [4.69, 9.17) is 0 Å². The van der Waals surface area contributed by atoms with E-state index < -0.39 is 35.2 Å². The second kappa shape index (κ2) is 3.71. The molecule has 0 spiro atoms. The van der Waals surface area contributed by atoms with Gasteiger partial charge >= 0.3 is 6.18 Å². The lowest BCUT2D eigenvalue weighted by molar-refractivity contribution is -0.140. The van der Waals surface area contributed by atoms with Crippen molar-refractivity contribution in [3.05, 3.63) is 28.8 Å². The van der Waals surface area contributed by atoms with Gasteiger partial charge < -0.3 is 0 Å². The normalized spacial score (nSPS) is 12.3. The maximum atomic E-state index is 13.0. The SMILES string of the molecule is Cc1cnc(C(F)F)c(F)c1C(F)(F)F. The third-order valence-corrected chi connectivity index (χ3v) is 1.73. The van der Waals surface area contributed by atoms with Crippen molar-refractivity contribution in [3.8, 4) is 0 Å². The molecule has 0 radical (unpaired) electrons. The van der Waals surface area contributed by atoms with Gasteiger partial charge in [0.1, 0.15) is 5.69 Å². The minimum absolute atomic E-state index is 0.524. The number of hydrogen-bond acceptors (Lipinski definition) is 1. The van der Waals surface area contributed by atoms with E-state index >= 15 is 0 Å². The Balaban J connectivity index is 3.44. The highest BCUT2D eigenvalue weighted by atomic mass is 19.4. The van der Waals surface area contributed by atoms with Crippen molar-refractivity contribution in [1.82, 2.24) is 4.98 Å². The van der Waals surface area contributed by atoms with E-state index in [0.29, 0.717) is 6.20 Å². The molecule has 0 unspecified atom stereocenters. The van der Waals surface area contributed by atoms with E-state index in [1.807, 2.05) is 0 Å². The highest BCUT2D eigenvalue weighted by molar-refractivity contribution is 5.30. The van der Waals surface area contributed by atoms with Crippen LogP contribution in [-0.4, -0.2) is 4.98 Å². The van der Waals surface area contributed by atoms with Gasteiger partial charge in [-0.05, 0) is 12.5 Å². The molecule has 0 aliphatic heterocycles. The molecule has 1 nitrogen and oxygen atoms in total. The number of rotatable bonds is 1. The third-order valence-electron chi connectivity index (χ3n) is 1.73. The molecule has 0 bridgehead atoms. The first kappa shape index (κ1) is 11.8. The molecule has 1 aromatic rings. The zero-order valence-corrected chi connectivity index (χ0v) is 7.37. The van der Waals surface area contributed by atoms with Crippen LogP contribution in [0.25, 0.3) is 0 Å². The first-order chi connectivity index (χ1) is 6.75. The Labute approximate surface area is 80.7 Å². The van der Waals surface area contributed by atoms with E-state index in [1.54, 1.807) is 0 Å². The van der Waals surface area contributed by atoms with Crippen LogP contribution in [-0.2, 0) is 6.18 Å². The second-order valence-corrected chi connectivity index (χ2v) is 2.81. The minimum atomic E-state index is -5.00. The van der Waals surface area contributed by atoms with Crippen molar-refractivity contribution >= 4 is 0 Å². The molecule has 1 heterocycles. The molecule has 0 aromatic carbocycles. The van der Waals surface area contributed by atoms with Gasteiger partial charge in [0.15, 0.2) is 5.82 Å². The smallest absolute Gasteiger partial charge is 0.252 e. The van der Waals surface area contributed by atoms with E-state index in [1.165, 1.54) is 0 Å². The van der Waals surface area contributed by atoms with Gasteiger partial charge in [0.05, 0.1) is 5.56 Å². The zero-order chi connectivity index (χ0) is 11.8. The molecular weight excluding hydrogens is 224 g/mol. The fourth-order valence-electron chi connectivity index (χ4n) is 1.09. The highest BCUT2D eigenvalue weighted by Gasteiger charge is 2.38. The fraction of sp³-hybridized carbons (Fsp3) is 0.375. The van der Waals surface area contributed by atoms with Crippen LogP contribution in [0, 0.1) is 12.7 Å². The first-order valence-electron chi connectivity index (χ1n) is 3.75. The standard InChI is InChI=1S/C8H5F6N/c1-3-2-15-6(7(10)11)5(9)4(3)8(12,13)14/h2,7H,1H3. The molecule has 0 saturated carbocycles. The summed E-state index contributed by atoms with van der Waals surface area (Å²) >= 11 is 0. The lowest BCUT2D eigenvalue weighted by Gasteiger charge is -2.12. The Hall–Kier alpha value is -1.27. The number of alkyl halides is 5. The Kier molecular flexibility index (Phi) is 2.92. The summed E-state index contributed by atoms with van der Waals surface area (Å²) in [6, 6.07) is 0. The van der Waals surface area contributed by atoms with Crippen LogP contribution in [0.2, 0.25) is 0 Å². The van der Waals surface area contributed by atoms with Gasteiger partial charge in [0, 0.05) is 6.20 Å². The monoisotopic (exact) mass is 229 g/mol. The van der Waals surface area contributed by atoms with Gasteiger partial charge in [0.2, 0.25) is 0 Å². The maximum Gasteiger partial charge on any atom is 0.419 e. The molecule has 0 aliphatic rings. The number of aromatic nitrogens is 1. The summed E-state index contributed by atoms with van der Waals surface area (Å²) in [6.45, 7) is 0.953. The minimum Gasteiger partial charge on any atom is -0.252 e. The van der Waals surface area contributed by atoms with Gasteiger partial charge in [-0.3, -0.25) is 4.98 Å². The van der Waals surface area contributed by atoms with Gasteiger partial charge in [-0.2, -0.15) is 13.2 Å². The summed E-state index contributed by atoms with van der Waals surface area (Å²) < 4.78 is 73.9. The summed E-state index contributed by atoms with van der Waals surface area (Å²) in [5, 5.41) is 0. The van der Waals surface area contributed by atoms with Crippen LogP contribution in [0.1, 0.15) is 23.2 Å². The van der Waals surface area contributed by atoms with Crippen LogP contribution in [0.4, 0.5) is 26.3 Å². The molecule has 0 fully saturated rings. The van der Waals surface area contributed by atoms with Crippen LogP contribution in [0.5, 0.6) is 0 Å². The van der Waals surface area contributed by atoms with Crippen LogP contribution < -0.4 is 0 Å². The molecule has 0 atom stereocenters. The third kappa shape index (κ3) is 2.21. The number of aryl methyl sites for hydroxylation is 1. The van der Waals surface area contributed by atoms with Crippen LogP contribution >= 0.6 is 0 Å². The quantitative estimate of drug-likeness (QED) is 0.671. The van der Waals surface area contributed by atoms with Gasteiger partial charge in [-0.15, -0.1) is 0 Å². The predicted molar refractivity (Wildman–Crippen MR) is 38.9 cm³/mol. The molecule has 84 valence electrons. The number of nitrogens with zero attached hydrogens (tertiary/aromatic N) is 1. The van der Waals surface area contributed by atoms with Crippen molar-refractivity contribution in [2.75, 3.05) is 0 Å². The first-order valence-corrected chi connectivity index (χ1v) is 3.75. The average Bonchev–Trinajstić information content (AvgIpc) is 2.00. The number of pyridine rings is 1. The Morgan fingerprint density at radius 3 is 2.20 bits per heavy atom. The Morgan fingerprint density at radius 2 is 1.80 bits per heavy atom. The topological polar surface area (TPSA) is 12.9 Å². The van der Waals surface area contributed by atoms with Gasteiger partial charge in [-0.25, -0.2) is 13.2 Å². The molecule has 1 rings (SSSR count). The molecule has 0 aliphatic carbocycles. The van der Waals surface area contributed by atoms with Crippen molar-refractivity contribution in [2.45, 2.75) is 19.5 Å². The summed E-state index contributed by atoms with van der Waals surface area (Å²) in [5.74, 6) is -2.00. The second-order valence-electron chi connectivity index (χ2n) is 2.81. The van der Waals surface area contributed by atoms with Gasteiger partial charge in [-0.1, -0.05) is 0 Å². The largest absolute Gasteiger partial charge is 0.419 e. The summed E-state index contributed by atoms with van der Waals surface area (Å²) in [4.78, 5) is 2.93. The summed E-state index contributed by atoms with van der Waals surface area (Å²) in [6.07, 6.45) is -7.79. The van der Waals surface area contributed by atoms with E-state index in [-0.39, 0.29) is 0 Å². The molecule has 0 amide bonds. The Bertz CT molecular complexity index is 370. The van der Waals surface area contributed by atoms with Crippen molar-refractivity contribution < 1.29 is 26.3 Å². The average molecular weight is 229 g/mol. The lowest BCUT2D eigenvalue weighted by atomic mass is 10.1. The molecule has 0 N–H and O–H groups in total. The van der Waals surface area contributed by atoms with E-state index in [9.17, 15) is 26.3 Å². The lowest BCUT2D eigenvalue weighted by Crippen LogP contribution is -2.14. The Morgan fingerprint density at radius 1 is 1.27 bits per heavy atom. The van der Waals surface area contributed by atoms with Crippen LogP contribution in [0.3, 0.4) is 0 Å². The van der Waals surface area contributed by atoms with Gasteiger partial charge in [0.25, 0.3) is 6.43 Å². The molecular formula is C8H5F6N. The molecule has 0 saturated heterocycles. The maximum absolute atomic E-state index is 13.0.